The molecule has 0 fully saturated rings. The van der Waals surface area contributed by atoms with E-state index < -0.39 is 0 Å². The van der Waals surface area contributed by atoms with Crippen molar-refractivity contribution in [2.24, 2.45) is 0 Å². The zero-order valence-corrected chi connectivity index (χ0v) is 10.9. The van der Waals surface area contributed by atoms with Crippen LogP contribution < -0.4 is 4.90 Å². The van der Waals surface area contributed by atoms with Crippen LogP contribution in [-0.4, -0.2) is 36.4 Å². The Balaban J connectivity index is 2.72. The number of nitrogens with zero attached hydrogens (tertiary/aromatic N) is 2. The van der Waals surface area contributed by atoms with E-state index in [9.17, 15) is 4.79 Å². The summed E-state index contributed by atoms with van der Waals surface area (Å²) in [5.41, 5.74) is 0. The molecule has 0 spiro atoms. The topological polar surface area (TPSA) is 33.2 Å². The molecule has 5 heteroatoms. The van der Waals surface area contributed by atoms with Gasteiger partial charge >= 0.3 is 0 Å². The number of hydrogen-bond donors (Lipinski definition) is 0. The van der Waals surface area contributed by atoms with Crippen molar-refractivity contribution >= 4 is 34.5 Å². The van der Waals surface area contributed by atoms with Crippen LogP contribution in [0.2, 0.25) is 0 Å². The minimum Gasteiger partial charge on any atom is -0.347 e. The third kappa shape index (κ3) is 3.21. The average molecular weight is 244 g/mol. The molecule has 0 aliphatic rings. The minimum atomic E-state index is 0.491. The molecule has 0 saturated heterocycles. The van der Waals surface area contributed by atoms with Crippen LogP contribution in [0.3, 0.4) is 0 Å². The molecule has 0 N–H and O–H groups in total. The van der Waals surface area contributed by atoms with Gasteiger partial charge in [-0.25, -0.2) is 4.98 Å². The van der Waals surface area contributed by atoms with Crippen molar-refractivity contribution in [3.8, 4) is 0 Å². The van der Waals surface area contributed by atoms with Gasteiger partial charge in [-0.1, -0.05) is 18.3 Å². The van der Waals surface area contributed by atoms with Crippen LogP contribution in [0, 0.1) is 0 Å². The van der Waals surface area contributed by atoms with E-state index >= 15 is 0 Å². The number of anilines is 1. The van der Waals surface area contributed by atoms with Crippen molar-refractivity contribution in [3.63, 3.8) is 0 Å². The molecule has 0 aliphatic carbocycles. The summed E-state index contributed by atoms with van der Waals surface area (Å²) < 4.78 is 0. The molecule has 0 amide bonds. The fraction of sp³-hybridized carbons (Fsp3) is 0.600. The third-order valence-corrected chi connectivity index (χ3v) is 4.04. The van der Waals surface area contributed by atoms with Gasteiger partial charge in [-0.05, 0) is 12.7 Å². The molecule has 1 unspecified atom stereocenters. The highest BCUT2D eigenvalue weighted by Crippen LogP contribution is 2.23. The van der Waals surface area contributed by atoms with E-state index in [2.05, 4.69) is 23.1 Å². The lowest BCUT2D eigenvalue weighted by Crippen LogP contribution is -2.32. The Bertz CT molecular complexity index is 314. The highest BCUT2D eigenvalue weighted by atomic mass is 32.2. The van der Waals surface area contributed by atoms with Crippen LogP contribution in [0.5, 0.6) is 0 Å². The van der Waals surface area contributed by atoms with Crippen molar-refractivity contribution < 1.29 is 4.79 Å². The van der Waals surface area contributed by atoms with Crippen molar-refractivity contribution in [2.45, 2.75) is 19.4 Å². The Morgan fingerprint density at radius 3 is 2.93 bits per heavy atom. The molecule has 1 aromatic heterocycles. The Morgan fingerprint density at radius 2 is 2.47 bits per heavy atom. The summed E-state index contributed by atoms with van der Waals surface area (Å²) in [6, 6.07) is 0.491. The molecule has 0 radical (unpaired) electrons. The van der Waals surface area contributed by atoms with E-state index in [0.29, 0.717) is 10.9 Å². The van der Waals surface area contributed by atoms with Crippen molar-refractivity contribution in [1.82, 2.24) is 4.98 Å². The Kier molecular flexibility index (Phi) is 5.11. The lowest BCUT2D eigenvalue weighted by atomic mass is 10.2. The first-order chi connectivity index (χ1) is 7.22. The second-order valence-corrected chi connectivity index (χ2v) is 5.24. The first-order valence-corrected chi connectivity index (χ1v) is 7.06. The number of thiazole rings is 1. The number of hydrogen-bond acceptors (Lipinski definition) is 5. The first kappa shape index (κ1) is 12.5. The van der Waals surface area contributed by atoms with Crippen molar-refractivity contribution in [3.05, 3.63) is 11.1 Å². The zero-order valence-electron chi connectivity index (χ0n) is 9.27. The molecule has 1 rings (SSSR count). The van der Waals surface area contributed by atoms with Gasteiger partial charge in [-0.15, -0.1) is 0 Å². The molecule has 15 heavy (non-hydrogen) atoms. The van der Waals surface area contributed by atoms with Gasteiger partial charge in [0.1, 0.15) is 0 Å². The van der Waals surface area contributed by atoms with E-state index in [1.54, 1.807) is 6.20 Å². The highest BCUT2D eigenvalue weighted by molar-refractivity contribution is 7.98. The fourth-order valence-electron chi connectivity index (χ4n) is 1.35. The fourth-order valence-corrected chi connectivity index (χ4v) is 2.95. The summed E-state index contributed by atoms with van der Waals surface area (Å²) in [5.74, 6) is 1.09. The predicted molar refractivity (Wildman–Crippen MR) is 68.4 cm³/mol. The van der Waals surface area contributed by atoms with Crippen molar-refractivity contribution in [2.75, 3.05) is 24.0 Å². The number of aldehydes is 1. The number of carbonyl (C=O) groups excluding carboxylic acids is 1. The summed E-state index contributed by atoms with van der Waals surface area (Å²) >= 11 is 3.28. The second kappa shape index (κ2) is 6.12. The van der Waals surface area contributed by atoms with E-state index in [4.69, 9.17) is 0 Å². The lowest BCUT2D eigenvalue weighted by molar-refractivity contribution is 0.112. The molecule has 1 heterocycles. The van der Waals surface area contributed by atoms with Gasteiger partial charge in [0, 0.05) is 18.8 Å². The predicted octanol–water partition coefficient (Wildman–Crippen LogP) is 2.53. The van der Waals surface area contributed by atoms with Crippen LogP contribution >= 0.6 is 23.1 Å². The lowest BCUT2D eigenvalue weighted by Gasteiger charge is -2.25. The highest BCUT2D eigenvalue weighted by Gasteiger charge is 2.15. The maximum absolute atomic E-state index is 10.6. The van der Waals surface area contributed by atoms with Crippen LogP contribution in [-0.2, 0) is 0 Å². The average Bonchev–Trinajstić information content (AvgIpc) is 2.73. The van der Waals surface area contributed by atoms with E-state index in [1.165, 1.54) is 11.3 Å². The molecular formula is C10H16N2OS2. The Labute approximate surface area is 98.9 Å². The molecule has 1 atom stereocenters. The maximum atomic E-state index is 10.6. The Hall–Kier alpha value is -0.550. The quantitative estimate of drug-likeness (QED) is 0.720. The third-order valence-electron chi connectivity index (χ3n) is 2.31. The second-order valence-electron chi connectivity index (χ2n) is 3.29. The summed E-state index contributed by atoms with van der Waals surface area (Å²) in [7, 11) is 2.04. The SMILES string of the molecule is CCC(CSC)N(C)c1ncc(C=O)s1. The van der Waals surface area contributed by atoms with Crippen LogP contribution in [0.15, 0.2) is 6.20 Å². The van der Waals surface area contributed by atoms with Gasteiger partial charge < -0.3 is 4.90 Å². The van der Waals surface area contributed by atoms with Gasteiger partial charge in [0.25, 0.3) is 0 Å². The molecular weight excluding hydrogens is 228 g/mol. The largest absolute Gasteiger partial charge is 0.347 e. The monoisotopic (exact) mass is 244 g/mol. The van der Waals surface area contributed by atoms with Crippen LogP contribution in [0.1, 0.15) is 23.0 Å². The number of aromatic nitrogens is 1. The summed E-state index contributed by atoms with van der Waals surface area (Å²) in [5, 5.41) is 0.929. The van der Waals surface area contributed by atoms with E-state index in [0.717, 1.165) is 23.6 Å². The summed E-state index contributed by atoms with van der Waals surface area (Å²) in [6.07, 6.45) is 5.68. The molecule has 3 nitrogen and oxygen atoms in total. The molecule has 84 valence electrons. The molecule has 1 aromatic rings. The normalized spacial score (nSPS) is 12.5. The zero-order chi connectivity index (χ0) is 11.3. The van der Waals surface area contributed by atoms with Gasteiger partial charge in [-0.3, -0.25) is 4.79 Å². The maximum Gasteiger partial charge on any atom is 0.185 e. The molecule has 0 aliphatic heterocycles. The smallest absolute Gasteiger partial charge is 0.185 e. The summed E-state index contributed by atoms with van der Waals surface area (Å²) in [4.78, 5) is 17.6. The summed E-state index contributed by atoms with van der Waals surface area (Å²) in [6.45, 7) is 2.17. The van der Waals surface area contributed by atoms with Gasteiger partial charge in [0.05, 0.1) is 11.1 Å². The first-order valence-electron chi connectivity index (χ1n) is 4.85. The van der Waals surface area contributed by atoms with Gasteiger partial charge in [0.15, 0.2) is 11.4 Å². The van der Waals surface area contributed by atoms with E-state index in [1.807, 2.05) is 18.8 Å². The Morgan fingerprint density at radius 1 is 1.73 bits per heavy atom. The number of thioether (sulfide) groups is 1. The number of rotatable bonds is 6. The van der Waals surface area contributed by atoms with E-state index in [-0.39, 0.29) is 0 Å². The van der Waals surface area contributed by atoms with Gasteiger partial charge in [-0.2, -0.15) is 11.8 Å². The van der Waals surface area contributed by atoms with Crippen molar-refractivity contribution in [1.29, 1.82) is 0 Å². The molecule has 0 bridgehead atoms. The number of carbonyl (C=O) groups is 1. The van der Waals surface area contributed by atoms with Crippen LogP contribution in [0.25, 0.3) is 0 Å². The minimum absolute atomic E-state index is 0.491. The van der Waals surface area contributed by atoms with Crippen LogP contribution in [0.4, 0.5) is 5.13 Å². The van der Waals surface area contributed by atoms with Gasteiger partial charge in [0.2, 0.25) is 0 Å². The molecule has 0 saturated carbocycles. The molecule has 0 aromatic carbocycles. The standard InChI is InChI=1S/C10H16N2OS2/c1-4-8(7-14-3)12(2)10-11-5-9(6-13)15-10/h5-6,8H,4,7H2,1-3H3.